The third-order valence-corrected chi connectivity index (χ3v) is 5.35. The Balaban J connectivity index is 1.44. The summed E-state index contributed by atoms with van der Waals surface area (Å²) < 4.78 is 6.86. The van der Waals surface area contributed by atoms with Crippen LogP contribution in [0, 0.1) is 0 Å². The summed E-state index contributed by atoms with van der Waals surface area (Å²) in [7, 11) is 0. The van der Waals surface area contributed by atoms with E-state index in [4.69, 9.17) is 4.74 Å². The molecule has 2 aliphatic heterocycles. The summed E-state index contributed by atoms with van der Waals surface area (Å²) in [5.74, 6) is 0.866. The maximum atomic E-state index is 12.4. The molecule has 7 heteroatoms. The second kappa shape index (κ2) is 6.38. The number of anilines is 1. The Morgan fingerprint density at radius 2 is 2.20 bits per heavy atom. The van der Waals surface area contributed by atoms with E-state index >= 15 is 0 Å². The highest BCUT2D eigenvalue weighted by Gasteiger charge is 2.52. The van der Waals surface area contributed by atoms with Gasteiger partial charge in [0, 0.05) is 22.7 Å². The summed E-state index contributed by atoms with van der Waals surface area (Å²) in [5, 5.41) is 2.92. The third kappa shape index (κ3) is 2.91. The number of nitrogens with zero attached hydrogens (tertiary/aromatic N) is 3. The van der Waals surface area contributed by atoms with E-state index in [1.165, 1.54) is 0 Å². The first-order valence-electron chi connectivity index (χ1n) is 8.41. The van der Waals surface area contributed by atoms with E-state index in [-0.39, 0.29) is 6.03 Å². The molecule has 1 saturated heterocycles. The molecule has 0 unspecified atom stereocenters. The molecule has 2 aromatic rings. The van der Waals surface area contributed by atoms with Gasteiger partial charge in [-0.2, -0.15) is 0 Å². The van der Waals surface area contributed by atoms with Gasteiger partial charge in [-0.05, 0) is 34.5 Å². The van der Waals surface area contributed by atoms with Crippen LogP contribution < -0.4 is 5.32 Å². The molecular weight excluding hydrogens is 384 g/mol. The number of benzene rings is 1. The van der Waals surface area contributed by atoms with Gasteiger partial charge in [-0.1, -0.05) is 19.1 Å². The molecule has 1 aromatic heterocycles. The highest BCUT2D eigenvalue weighted by atomic mass is 79.9. The van der Waals surface area contributed by atoms with Crippen molar-refractivity contribution in [3.8, 4) is 0 Å². The predicted molar refractivity (Wildman–Crippen MR) is 97.2 cm³/mol. The number of aromatic nitrogens is 2. The number of ether oxygens (including phenoxy) is 1. The lowest BCUT2D eigenvalue weighted by atomic mass is 9.88. The molecule has 4 rings (SSSR count). The topological polar surface area (TPSA) is 67.4 Å². The van der Waals surface area contributed by atoms with Crippen LogP contribution in [0.25, 0.3) is 0 Å². The fourth-order valence-electron chi connectivity index (χ4n) is 3.31. The van der Waals surface area contributed by atoms with Crippen LogP contribution in [-0.2, 0) is 23.4 Å². The molecule has 1 spiro atoms. The van der Waals surface area contributed by atoms with Crippen LogP contribution in [-0.4, -0.2) is 34.0 Å². The summed E-state index contributed by atoms with van der Waals surface area (Å²) >= 11 is 3.44. The Morgan fingerprint density at radius 1 is 1.40 bits per heavy atom. The molecule has 1 aromatic carbocycles. The minimum atomic E-state index is -0.439. The average Bonchev–Trinajstić information content (AvgIpc) is 2.95. The van der Waals surface area contributed by atoms with Gasteiger partial charge in [0.1, 0.15) is 11.4 Å². The van der Waals surface area contributed by atoms with E-state index < -0.39 is 5.60 Å². The Hall–Kier alpha value is -1.99. The highest BCUT2D eigenvalue weighted by Crippen LogP contribution is 2.42. The first-order valence-corrected chi connectivity index (χ1v) is 9.20. The molecule has 6 nitrogen and oxygen atoms in total. The van der Waals surface area contributed by atoms with E-state index in [0.717, 1.165) is 40.1 Å². The Kier molecular flexibility index (Phi) is 4.21. The fourth-order valence-corrected chi connectivity index (χ4v) is 3.69. The predicted octanol–water partition coefficient (Wildman–Crippen LogP) is 3.46. The number of hydrogen-bond donors (Lipinski definition) is 1. The van der Waals surface area contributed by atoms with Crippen molar-refractivity contribution >= 4 is 27.6 Å². The Bertz CT molecular complexity index is 820. The first kappa shape index (κ1) is 16.5. The smallest absolute Gasteiger partial charge is 0.322 e. The average molecular weight is 403 g/mol. The molecule has 1 fully saturated rings. The lowest BCUT2D eigenvalue weighted by Gasteiger charge is -2.46. The van der Waals surface area contributed by atoms with E-state index in [1.807, 2.05) is 30.5 Å². The summed E-state index contributed by atoms with van der Waals surface area (Å²) in [6.45, 7) is 3.65. The summed E-state index contributed by atoms with van der Waals surface area (Å²) in [5.41, 5.74) is 2.31. The SMILES string of the molecule is CCCc1ncc2c(n1)COC21CN(C(=O)Nc2ccccc2Br)C1. The minimum absolute atomic E-state index is 0.127. The van der Waals surface area contributed by atoms with Crippen molar-refractivity contribution in [3.63, 3.8) is 0 Å². The lowest BCUT2D eigenvalue weighted by molar-refractivity contribution is -0.122. The van der Waals surface area contributed by atoms with E-state index in [9.17, 15) is 4.79 Å². The zero-order valence-electron chi connectivity index (χ0n) is 14.0. The number of hydrogen-bond acceptors (Lipinski definition) is 4. The standard InChI is InChI=1S/C18H19BrN4O2/c1-2-5-16-20-8-12-15(21-16)9-25-18(12)10-23(11-18)17(24)22-14-7-4-3-6-13(14)19/h3-4,6-8H,2,5,9-11H2,1H3,(H,22,24). The second-order valence-corrected chi connectivity index (χ2v) is 7.30. The number of halogens is 1. The zero-order chi connectivity index (χ0) is 17.4. The molecule has 0 bridgehead atoms. The van der Waals surface area contributed by atoms with Crippen molar-refractivity contribution in [2.75, 3.05) is 18.4 Å². The van der Waals surface area contributed by atoms with Crippen LogP contribution in [0.5, 0.6) is 0 Å². The van der Waals surface area contributed by atoms with Crippen molar-refractivity contribution in [1.82, 2.24) is 14.9 Å². The third-order valence-electron chi connectivity index (χ3n) is 4.66. The second-order valence-electron chi connectivity index (χ2n) is 6.45. The first-order chi connectivity index (χ1) is 12.1. The number of carbonyl (C=O) groups is 1. The minimum Gasteiger partial charge on any atom is -0.360 e. The fraction of sp³-hybridized carbons (Fsp3) is 0.389. The van der Waals surface area contributed by atoms with Gasteiger partial charge >= 0.3 is 6.03 Å². The maximum absolute atomic E-state index is 12.4. The van der Waals surface area contributed by atoms with Gasteiger partial charge in [0.05, 0.1) is 31.1 Å². The molecule has 0 atom stereocenters. The van der Waals surface area contributed by atoms with Crippen LogP contribution in [0.1, 0.15) is 30.4 Å². The van der Waals surface area contributed by atoms with Crippen molar-refractivity contribution in [3.05, 3.63) is 52.0 Å². The van der Waals surface area contributed by atoms with Crippen LogP contribution in [0.3, 0.4) is 0 Å². The van der Waals surface area contributed by atoms with Gasteiger partial charge in [0.25, 0.3) is 0 Å². The van der Waals surface area contributed by atoms with Gasteiger partial charge in [-0.3, -0.25) is 0 Å². The summed E-state index contributed by atoms with van der Waals surface area (Å²) in [6.07, 6.45) is 3.78. The molecule has 2 amide bonds. The number of aryl methyl sites for hydroxylation is 1. The maximum Gasteiger partial charge on any atom is 0.322 e. The van der Waals surface area contributed by atoms with Crippen LogP contribution in [0.2, 0.25) is 0 Å². The molecule has 0 radical (unpaired) electrons. The number of para-hydroxylation sites is 1. The van der Waals surface area contributed by atoms with Crippen molar-refractivity contribution in [2.24, 2.45) is 0 Å². The largest absolute Gasteiger partial charge is 0.360 e. The lowest BCUT2D eigenvalue weighted by Crippen LogP contribution is -2.62. The van der Waals surface area contributed by atoms with Gasteiger partial charge < -0.3 is 15.0 Å². The molecular formula is C18H19BrN4O2. The van der Waals surface area contributed by atoms with Gasteiger partial charge in [0.2, 0.25) is 0 Å². The monoisotopic (exact) mass is 402 g/mol. The molecule has 0 aliphatic carbocycles. The number of urea groups is 1. The van der Waals surface area contributed by atoms with Gasteiger partial charge in [-0.15, -0.1) is 0 Å². The number of fused-ring (bicyclic) bond motifs is 2. The number of nitrogens with one attached hydrogen (secondary N) is 1. The molecule has 1 N–H and O–H groups in total. The summed E-state index contributed by atoms with van der Waals surface area (Å²) in [6, 6.07) is 7.43. The summed E-state index contributed by atoms with van der Waals surface area (Å²) in [4.78, 5) is 23.2. The quantitative estimate of drug-likeness (QED) is 0.853. The zero-order valence-corrected chi connectivity index (χ0v) is 15.5. The number of carbonyl (C=O) groups excluding carboxylic acids is 1. The molecule has 130 valence electrons. The molecule has 0 saturated carbocycles. The Morgan fingerprint density at radius 3 is 2.96 bits per heavy atom. The van der Waals surface area contributed by atoms with Crippen LogP contribution >= 0.6 is 15.9 Å². The highest BCUT2D eigenvalue weighted by molar-refractivity contribution is 9.10. The number of rotatable bonds is 3. The van der Waals surface area contributed by atoms with E-state index in [1.54, 1.807) is 4.90 Å². The van der Waals surface area contributed by atoms with Crippen molar-refractivity contribution in [2.45, 2.75) is 32.0 Å². The van der Waals surface area contributed by atoms with E-state index in [2.05, 4.69) is 38.1 Å². The van der Waals surface area contributed by atoms with Crippen LogP contribution in [0.4, 0.5) is 10.5 Å². The molecule has 2 aliphatic rings. The molecule has 25 heavy (non-hydrogen) atoms. The van der Waals surface area contributed by atoms with Crippen molar-refractivity contribution in [1.29, 1.82) is 0 Å². The Labute approximate surface area is 154 Å². The van der Waals surface area contributed by atoms with Gasteiger partial charge in [0.15, 0.2) is 0 Å². The number of amides is 2. The normalized spacial score (nSPS) is 17.3. The van der Waals surface area contributed by atoms with Crippen LogP contribution in [0.15, 0.2) is 34.9 Å². The molecule has 3 heterocycles. The van der Waals surface area contributed by atoms with Crippen molar-refractivity contribution < 1.29 is 9.53 Å². The van der Waals surface area contributed by atoms with E-state index in [0.29, 0.717) is 19.7 Å². The van der Waals surface area contributed by atoms with Gasteiger partial charge in [-0.25, -0.2) is 14.8 Å². The number of likely N-dealkylation sites (tertiary alicyclic amines) is 1.